The molecule has 0 saturated carbocycles. The Bertz CT molecular complexity index is 787. The zero-order chi connectivity index (χ0) is 20.1. The minimum absolute atomic E-state index is 0.0219. The van der Waals surface area contributed by atoms with Crippen molar-refractivity contribution >= 4 is 5.91 Å². The van der Waals surface area contributed by atoms with E-state index in [0.29, 0.717) is 12.1 Å². The second-order valence-electron chi connectivity index (χ2n) is 8.62. The molecule has 1 unspecified atom stereocenters. The van der Waals surface area contributed by atoms with Gasteiger partial charge < -0.3 is 10.1 Å². The average molecular weight is 381 g/mol. The van der Waals surface area contributed by atoms with E-state index >= 15 is 0 Å². The first kappa shape index (κ1) is 20.6. The Morgan fingerprint density at radius 1 is 1.11 bits per heavy atom. The number of carbonyl (C=O) groups excluding carboxylic acids is 1. The van der Waals surface area contributed by atoms with Crippen LogP contribution < -0.4 is 5.32 Å². The van der Waals surface area contributed by atoms with Crippen LogP contribution in [0.15, 0.2) is 48.5 Å². The van der Waals surface area contributed by atoms with E-state index in [1.54, 1.807) is 0 Å². The van der Waals surface area contributed by atoms with E-state index in [1.165, 1.54) is 16.7 Å². The molecule has 1 fully saturated rings. The Kier molecular flexibility index (Phi) is 6.53. The third-order valence-corrected chi connectivity index (χ3v) is 5.38. The monoisotopic (exact) mass is 380 g/mol. The molecule has 0 aromatic heterocycles. The summed E-state index contributed by atoms with van der Waals surface area (Å²) in [7, 11) is 0. The predicted octanol–water partition coefficient (Wildman–Crippen LogP) is 4.10. The van der Waals surface area contributed by atoms with Crippen molar-refractivity contribution in [1.82, 2.24) is 10.2 Å². The standard InChI is InChI=1S/C24H32N2O2/c1-18-6-5-7-20(16-18)22(26-12-14-28-15-13-26)17-25-23(27)19-8-10-21(11-9-19)24(2,3)4/h5-11,16,22H,12-15,17H2,1-4H3,(H,25,27). The van der Waals surface area contributed by atoms with Crippen molar-refractivity contribution in [3.05, 3.63) is 70.8 Å². The lowest BCUT2D eigenvalue weighted by molar-refractivity contribution is 0.0162. The molecule has 0 aliphatic carbocycles. The van der Waals surface area contributed by atoms with Gasteiger partial charge >= 0.3 is 0 Å². The number of nitrogens with one attached hydrogen (secondary N) is 1. The van der Waals surface area contributed by atoms with Crippen molar-refractivity contribution in [1.29, 1.82) is 0 Å². The first-order valence-corrected chi connectivity index (χ1v) is 10.1. The van der Waals surface area contributed by atoms with Crippen LogP contribution >= 0.6 is 0 Å². The minimum atomic E-state index is -0.0219. The van der Waals surface area contributed by atoms with Crippen LogP contribution in [0.4, 0.5) is 0 Å². The third-order valence-electron chi connectivity index (χ3n) is 5.38. The molecule has 1 aliphatic heterocycles. The molecule has 150 valence electrons. The summed E-state index contributed by atoms with van der Waals surface area (Å²) < 4.78 is 5.51. The lowest BCUT2D eigenvalue weighted by Gasteiger charge is -2.35. The van der Waals surface area contributed by atoms with Crippen LogP contribution in [-0.2, 0) is 10.2 Å². The third kappa shape index (κ3) is 5.21. The maximum absolute atomic E-state index is 12.7. The molecule has 0 radical (unpaired) electrons. The quantitative estimate of drug-likeness (QED) is 0.849. The van der Waals surface area contributed by atoms with Gasteiger partial charge in [-0.1, -0.05) is 62.7 Å². The van der Waals surface area contributed by atoms with E-state index < -0.39 is 0 Å². The Balaban J connectivity index is 1.71. The molecule has 2 aromatic carbocycles. The molecule has 4 heteroatoms. The normalized spacial score (nSPS) is 16.6. The van der Waals surface area contributed by atoms with Crippen LogP contribution in [-0.4, -0.2) is 43.7 Å². The SMILES string of the molecule is Cc1cccc(C(CNC(=O)c2ccc(C(C)(C)C)cc2)N2CCOCC2)c1. The van der Waals surface area contributed by atoms with Crippen molar-refractivity contribution in [2.75, 3.05) is 32.8 Å². The van der Waals surface area contributed by atoms with E-state index in [0.717, 1.165) is 26.3 Å². The number of benzene rings is 2. The summed E-state index contributed by atoms with van der Waals surface area (Å²) in [5.41, 5.74) is 4.50. The summed E-state index contributed by atoms with van der Waals surface area (Å²) in [4.78, 5) is 15.1. The largest absolute Gasteiger partial charge is 0.379 e. The summed E-state index contributed by atoms with van der Waals surface area (Å²) in [5.74, 6) is -0.0219. The molecule has 1 N–H and O–H groups in total. The van der Waals surface area contributed by atoms with Crippen LogP contribution in [0.25, 0.3) is 0 Å². The minimum Gasteiger partial charge on any atom is -0.379 e. The Morgan fingerprint density at radius 3 is 2.39 bits per heavy atom. The van der Waals surface area contributed by atoms with Crippen LogP contribution in [0, 0.1) is 6.92 Å². The lowest BCUT2D eigenvalue weighted by Crippen LogP contribution is -2.43. The topological polar surface area (TPSA) is 41.6 Å². The fraction of sp³-hybridized carbons (Fsp3) is 0.458. The van der Waals surface area contributed by atoms with Gasteiger partial charge in [0.25, 0.3) is 5.91 Å². The molecule has 4 nitrogen and oxygen atoms in total. The van der Waals surface area contributed by atoms with Gasteiger partial charge in [-0.2, -0.15) is 0 Å². The Hall–Kier alpha value is -2.17. The van der Waals surface area contributed by atoms with E-state index in [9.17, 15) is 4.79 Å². The number of hydrogen-bond donors (Lipinski definition) is 1. The summed E-state index contributed by atoms with van der Waals surface area (Å²) >= 11 is 0. The molecule has 28 heavy (non-hydrogen) atoms. The summed E-state index contributed by atoms with van der Waals surface area (Å²) in [6.45, 7) is 12.5. The van der Waals surface area contributed by atoms with Gasteiger partial charge in [0, 0.05) is 25.2 Å². The molecule has 1 aliphatic rings. The Labute approximate surface area is 168 Å². The van der Waals surface area contributed by atoms with Crippen LogP contribution in [0.2, 0.25) is 0 Å². The zero-order valence-electron chi connectivity index (χ0n) is 17.5. The van der Waals surface area contributed by atoms with E-state index in [-0.39, 0.29) is 17.4 Å². The average Bonchev–Trinajstić information content (AvgIpc) is 2.68. The number of hydrogen-bond acceptors (Lipinski definition) is 3. The fourth-order valence-corrected chi connectivity index (χ4v) is 3.64. The van der Waals surface area contributed by atoms with Gasteiger partial charge in [-0.3, -0.25) is 9.69 Å². The lowest BCUT2D eigenvalue weighted by atomic mass is 9.86. The Morgan fingerprint density at radius 2 is 1.79 bits per heavy atom. The van der Waals surface area contributed by atoms with Crippen molar-refractivity contribution in [3.8, 4) is 0 Å². The highest BCUT2D eigenvalue weighted by molar-refractivity contribution is 5.94. The van der Waals surface area contributed by atoms with E-state index in [2.05, 4.69) is 74.3 Å². The maximum atomic E-state index is 12.7. The van der Waals surface area contributed by atoms with Gasteiger partial charge in [0.2, 0.25) is 0 Å². The first-order chi connectivity index (χ1) is 13.3. The van der Waals surface area contributed by atoms with Crippen LogP contribution in [0.5, 0.6) is 0 Å². The second-order valence-corrected chi connectivity index (χ2v) is 8.62. The second kappa shape index (κ2) is 8.89. The molecule has 2 aromatic rings. The molecule has 1 saturated heterocycles. The number of aryl methyl sites for hydroxylation is 1. The van der Waals surface area contributed by atoms with Gasteiger partial charge in [0.15, 0.2) is 0 Å². The zero-order valence-corrected chi connectivity index (χ0v) is 17.5. The summed E-state index contributed by atoms with van der Waals surface area (Å²) in [6, 6.07) is 16.7. The number of amides is 1. The molecule has 3 rings (SSSR count). The van der Waals surface area contributed by atoms with E-state index in [1.807, 2.05) is 12.1 Å². The number of rotatable bonds is 5. The number of morpholine rings is 1. The molecule has 1 atom stereocenters. The molecule has 1 amide bonds. The number of nitrogens with zero attached hydrogens (tertiary/aromatic N) is 1. The van der Waals surface area contributed by atoms with Gasteiger partial charge in [-0.15, -0.1) is 0 Å². The summed E-state index contributed by atoms with van der Waals surface area (Å²) in [5, 5.41) is 3.15. The molecular formula is C24H32N2O2. The highest BCUT2D eigenvalue weighted by atomic mass is 16.5. The molecule has 1 heterocycles. The number of ether oxygens (including phenoxy) is 1. The smallest absolute Gasteiger partial charge is 0.251 e. The van der Waals surface area contributed by atoms with Gasteiger partial charge in [-0.05, 0) is 35.6 Å². The fourth-order valence-electron chi connectivity index (χ4n) is 3.64. The number of carbonyl (C=O) groups is 1. The van der Waals surface area contributed by atoms with Crippen LogP contribution in [0.1, 0.15) is 53.9 Å². The maximum Gasteiger partial charge on any atom is 0.251 e. The highest BCUT2D eigenvalue weighted by Crippen LogP contribution is 2.24. The summed E-state index contributed by atoms with van der Waals surface area (Å²) in [6.07, 6.45) is 0. The molecular weight excluding hydrogens is 348 g/mol. The predicted molar refractivity (Wildman–Crippen MR) is 114 cm³/mol. The first-order valence-electron chi connectivity index (χ1n) is 10.1. The van der Waals surface area contributed by atoms with Gasteiger partial charge in [0.05, 0.1) is 19.3 Å². The van der Waals surface area contributed by atoms with Crippen molar-refractivity contribution in [3.63, 3.8) is 0 Å². The van der Waals surface area contributed by atoms with Crippen LogP contribution in [0.3, 0.4) is 0 Å². The van der Waals surface area contributed by atoms with E-state index in [4.69, 9.17) is 4.74 Å². The van der Waals surface area contributed by atoms with Gasteiger partial charge in [-0.25, -0.2) is 0 Å². The highest BCUT2D eigenvalue weighted by Gasteiger charge is 2.23. The molecule has 0 spiro atoms. The van der Waals surface area contributed by atoms with Crippen molar-refractivity contribution < 1.29 is 9.53 Å². The van der Waals surface area contributed by atoms with Gasteiger partial charge in [0.1, 0.15) is 0 Å². The van der Waals surface area contributed by atoms with Crippen molar-refractivity contribution in [2.24, 2.45) is 0 Å². The van der Waals surface area contributed by atoms with Crippen molar-refractivity contribution in [2.45, 2.75) is 39.2 Å². The molecule has 0 bridgehead atoms.